The van der Waals surface area contributed by atoms with Crippen LogP contribution in [0.4, 0.5) is 0 Å². The number of hydrogen-bond acceptors (Lipinski definition) is 3. The molecule has 3 heteroatoms. The molecule has 2 aromatic carbocycles. The van der Waals surface area contributed by atoms with Gasteiger partial charge in [0.25, 0.3) is 0 Å². The predicted molar refractivity (Wildman–Crippen MR) is 77.3 cm³/mol. The van der Waals surface area contributed by atoms with E-state index in [1.165, 1.54) is 0 Å². The first kappa shape index (κ1) is 12.4. The molecule has 1 aromatic heterocycles. The average molecular weight is 263 g/mol. The molecule has 0 fully saturated rings. The summed E-state index contributed by atoms with van der Waals surface area (Å²) in [4.78, 5) is 16.3. The number of esters is 1. The van der Waals surface area contributed by atoms with E-state index in [0.717, 1.165) is 16.5 Å². The summed E-state index contributed by atoms with van der Waals surface area (Å²) in [5.74, 6) is -0.355. The van der Waals surface area contributed by atoms with Crippen LogP contribution < -0.4 is 0 Å². The number of carbonyl (C=O) groups is 1. The lowest BCUT2D eigenvalue weighted by molar-refractivity contribution is 0.0472. The number of hydrogen-bond donors (Lipinski definition) is 0. The van der Waals surface area contributed by atoms with Gasteiger partial charge in [0.15, 0.2) is 0 Å². The highest BCUT2D eigenvalue weighted by atomic mass is 16.5. The highest BCUT2D eigenvalue weighted by molar-refractivity contribution is 5.93. The Morgan fingerprint density at radius 3 is 2.60 bits per heavy atom. The molecule has 0 saturated carbocycles. The fourth-order valence-electron chi connectivity index (χ4n) is 1.99. The van der Waals surface area contributed by atoms with Crippen molar-refractivity contribution in [1.82, 2.24) is 4.98 Å². The molecular formula is C17H13NO2. The van der Waals surface area contributed by atoms with Crippen molar-refractivity contribution in [3.05, 3.63) is 78.0 Å². The van der Waals surface area contributed by atoms with Crippen LogP contribution in [-0.2, 0) is 11.3 Å². The van der Waals surface area contributed by atoms with Crippen LogP contribution in [0.3, 0.4) is 0 Å². The Bertz CT molecular complexity index is 738. The lowest BCUT2D eigenvalue weighted by Gasteiger charge is -2.05. The van der Waals surface area contributed by atoms with E-state index in [1.54, 1.807) is 12.3 Å². The average Bonchev–Trinajstić information content (AvgIpc) is 2.53. The molecule has 1 heterocycles. The van der Waals surface area contributed by atoms with Gasteiger partial charge in [0.2, 0.25) is 0 Å². The maximum absolute atomic E-state index is 12.0. The van der Waals surface area contributed by atoms with Crippen LogP contribution in [0.5, 0.6) is 0 Å². The summed E-state index contributed by atoms with van der Waals surface area (Å²) in [7, 11) is 0. The van der Waals surface area contributed by atoms with Gasteiger partial charge in [0.05, 0.1) is 11.1 Å². The summed E-state index contributed by atoms with van der Waals surface area (Å²) in [5, 5.41) is 0.932. The van der Waals surface area contributed by atoms with Crippen LogP contribution in [0.25, 0.3) is 10.9 Å². The third-order valence-corrected chi connectivity index (χ3v) is 3.04. The standard InChI is InChI=1S/C17H13NO2/c19-17(20-12-13-6-2-1-3-7-13)15-10-14-8-4-5-9-16(14)18-11-15/h1-11H,12H2. The molecule has 0 spiro atoms. The number of fused-ring (bicyclic) bond motifs is 1. The van der Waals surface area contributed by atoms with Crippen LogP contribution in [0.1, 0.15) is 15.9 Å². The zero-order valence-corrected chi connectivity index (χ0v) is 10.8. The summed E-state index contributed by atoms with van der Waals surface area (Å²) in [6.45, 7) is 0.270. The maximum Gasteiger partial charge on any atom is 0.340 e. The third-order valence-electron chi connectivity index (χ3n) is 3.04. The first-order chi connectivity index (χ1) is 9.83. The Morgan fingerprint density at radius 2 is 1.75 bits per heavy atom. The van der Waals surface area contributed by atoms with Crippen molar-refractivity contribution in [2.24, 2.45) is 0 Å². The molecule has 20 heavy (non-hydrogen) atoms. The zero-order valence-electron chi connectivity index (χ0n) is 10.8. The molecule has 0 saturated heterocycles. The highest BCUT2D eigenvalue weighted by Crippen LogP contribution is 2.14. The summed E-state index contributed by atoms with van der Waals surface area (Å²) < 4.78 is 5.28. The second kappa shape index (κ2) is 5.53. The van der Waals surface area contributed by atoms with Gasteiger partial charge < -0.3 is 4.74 Å². The van der Waals surface area contributed by atoms with Crippen molar-refractivity contribution in [1.29, 1.82) is 0 Å². The van der Waals surface area contributed by atoms with Crippen LogP contribution >= 0.6 is 0 Å². The van der Waals surface area contributed by atoms with Gasteiger partial charge in [-0.15, -0.1) is 0 Å². The molecule has 0 atom stereocenters. The van der Waals surface area contributed by atoms with Crippen molar-refractivity contribution < 1.29 is 9.53 Å². The van der Waals surface area contributed by atoms with Crippen molar-refractivity contribution in [3.8, 4) is 0 Å². The van der Waals surface area contributed by atoms with E-state index in [4.69, 9.17) is 4.74 Å². The number of para-hydroxylation sites is 1. The van der Waals surface area contributed by atoms with Crippen molar-refractivity contribution in [2.45, 2.75) is 6.61 Å². The fourth-order valence-corrected chi connectivity index (χ4v) is 1.99. The Balaban J connectivity index is 1.75. The molecule has 0 N–H and O–H groups in total. The molecule has 0 aliphatic carbocycles. The summed E-state index contributed by atoms with van der Waals surface area (Å²) in [6.07, 6.45) is 1.55. The van der Waals surface area contributed by atoms with Gasteiger partial charge in [-0.1, -0.05) is 48.5 Å². The van der Waals surface area contributed by atoms with Gasteiger partial charge in [-0.25, -0.2) is 4.79 Å². The Morgan fingerprint density at radius 1 is 1.00 bits per heavy atom. The van der Waals surface area contributed by atoms with Gasteiger partial charge in [0, 0.05) is 11.6 Å². The minimum absolute atomic E-state index is 0.270. The Hall–Kier alpha value is -2.68. The number of nitrogens with zero attached hydrogens (tertiary/aromatic N) is 1. The number of benzene rings is 2. The van der Waals surface area contributed by atoms with Gasteiger partial charge in [-0.05, 0) is 17.7 Å². The number of aromatic nitrogens is 1. The topological polar surface area (TPSA) is 39.2 Å². The highest BCUT2D eigenvalue weighted by Gasteiger charge is 2.08. The molecule has 98 valence electrons. The van der Waals surface area contributed by atoms with Gasteiger partial charge in [-0.2, -0.15) is 0 Å². The second-order valence-corrected chi connectivity index (χ2v) is 4.48. The van der Waals surface area contributed by atoms with E-state index in [9.17, 15) is 4.79 Å². The van der Waals surface area contributed by atoms with Gasteiger partial charge >= 0.3 is 5.97 Å². The van der Waals surface area contributed by atoms with Crippen LogP contribution in [-0.4, -0.2) is 11.0 Å². The van der Waals surface area contributed by atoms with E-state index in [0.29, 0.717) is 5.56 Å². The first-order valence-corrected chi connectivity index (χ1v) is 6.39. The van der Waals surface area contributed by atoms with Crippen LogP contribution in [0.2, 0.25) is 0 Å². The maximum atomic E-state index is 12.0. The second-order valence-electron chi connectivity index (χ2n) is 4.48. The molecule has 0 radical (unpaired) electrons. The van der Waals surface area contributed by atoms with Crippen molar-refractivity contribution in [2.75, 3.05) is 0 Å². The molecule has 3 aromatic rings. The van der Waals surface area contributed by atoms with E-state index < -0.39 is 0 Å². The quantitative estimate of drug-likeness (QED) is 0.678. The molecule has 3 rings (SSSR count). The monoisotopic (exact) mass is 263 g/mol. The van der Waals surface area contributed by atoms with E-state index in [2.05, 4.69) is 4.98 Å². The lowest BCUT2D eigenvalue weighted by Crippen LogP contribution is -2.05. The van der Waals surface area contributed by atoms with Crippen LogP contribution in [0.15, 0.2) is 66.9 Å². The van der Waals surface area contributed by atoms with Crippen LogP contribution in [0, 0.1) is 0 Å². The molecule has 0 unspecified atom stereocenters. The van der Waals surface area contributed by atoms with E-state index in [1.807, 2.05) is 54.6 Å². The molecular weight excluding hydrogens is 250 g/mol. The van der Waals surface area contributed by atoms with E-state index in [-0.39, 0.29) is 12.6 Å². The molecule has 3 nitrogen and oxygen atoms in total. The Kier molecular flexibility index (Phi) is 3.42. The minimum Gasteiger partial charge on any atom is -0.457 e. The smallest absolute Gasteiger partial charge is 0.340 e. The minimum atomic E-state index is -0.355. The lowest BCUT2D eigenvalue weighted by atomic mass is 10.1. The first-order valence-electron chi connectivity index (χ1n) is 6.39. The summed E-state index contributed by atoms with van der Waals surface area (Å²) >= 11 is 0. The molecule has 0 amide bonds. The predicted octanol–water partition coefficient (Wildman–Crippen LogP) is 3.59. The normalized spacial score (nSPS) is 10.4. The fraction of sp³-hybridized carbons (Fsp3) is 0.0588. The SMILES string of the molecule is O=C(OCc1ccccc1)c1cnc2ccccc2c1. The number of carbonyl (C=O) groups excluding carboxylic acids is 1. The molecule has 0 aliphatic heterocycles. The zero-order chi connectivity index (χ0) is 13.8. The molecule has 0 bridgehead atoms. The van der Waals surface area contributed by atoms with E-state index >= 15 is 0 Å². The third kappa shape index (κ3) is 2.67. The largest absolute Gasteiger partial charge is 0.457 e. The summed E-state index contributed by atoms with van der Waals surface area (Å²) in [6, 6.07) is 19.1. The Labute approximate surface area is 116 Å². The number of pyridine rings is 1. The van der Waals surface area contributed by atoms with Crippen molar-refractivity contribution in [3.63, 3.8) is 0 Å². The summed E-state index contributed by atoms with van der Waals surface area (Å²) in [5.41, 5.74) is 2.31. The number of ether oxygens (including phenoxy) is 1. The molecule has 0 aliphatic rings. The number of rotatable bonds is 3. The van der Waals surface area contributed by atoms with Gasteiger partial charge in [0.1, 0.15) is 6.61 Å². The van der Waals surface area contributed by atoms with Gasteiger partial charge in [-0.3, -0.25) is 4.98 Å². The van der Waals surface area contributed by atoms with Crippen molar-refractivity contribution >= 4 is 16.9 Å².